The van der Waals surface area contributed by atoms with Crippen molar-refractivity contribution in [2.24, 2.45) is 0 Å². The number of rotatable bonds is 5. The molecule has 0 saturated heterocycles. The molecule has 0 radical (unpaired) electrons. The highest BCUT2D eigenvalue weighted by Crippen LogP contribution is 2.06. The summed E-state index contributed by atoms with van der Waals surface area (Å²) < 4.78 is 7.73. The molecule has 0 aliphatic carbocycles. The van der Waals surface area contributed by atoms with E-state index in [-0.39, 0.29) is 0 Å². The molecule has 7 heteroatoms. The van der Waals surface area contributed by atoms with Crippen molar-refractivity contribution in [3.8, 4) is 0 Å². The van der Waals surface area contributed by atoms with Gasteiger partial charge in [0.05, 0.1) is 0 Å². The van der Waals surface area contributed by atoms with Crippen LogP contribution in [0.25, 0.3) is 0 Å². The Morgan fingerprint density at radius 1 is 1.80 bits per heavy atom. The molecule has 0 atom stereocenters. The number of methoxy groups -OCH3 is 1. The second kappa shape index (κ2) is 5.91. The number of nitrogens with one attached hydrogen (secondary N) is 1. The molecule has 1 rings (SSSR count). The van der Waals surface area contributed by atoms with Gasteiger partial charge >= 0.3 is 6.09 Å². The van der Waals surface area contributed by atoms with Crippen molar-refractivity contribution in [1.82, 2.24) is 14.9 Å². The van der Waals surface area contributed by atoms with Gasteiger partial charge < -0.3 is 19.7 Å². The lowest BCUT2D eigenvalue weighted by Crippen LogP contribution is -2.25. The van der Waals surface area contributed by atoms with Crippen LogP contribution in [0.5, 0.6) is 0 Å². The van der Waals surface area contributed by atoms with Gasteiger partial charge in [-0.15, -0.1) is 0 Å². The predicted octanol–water partition coefficient (Wildman–Crippen LogP) is 0.902. The number of hydrogen-bond donors (Lipinski definition) is 2. The van der Waals surface area contributed by atoms with E-state index in [4.69, 9.17) is 9.84 Å². The summed E-state index contributed by atoms with van der Waals surface area (Å²) in [5.74, 6) is 0.800. The fourth-order valence-electron chi connectivity index (χ4n) is 1.14. The summed E-state index contributed by atoms with van der Waals surface area (Å²) in [7, 11) is 1.60. The Balaban J connectivity index is 2.54. The maximum absolute atomic E-state index is 10.2. The van der Waals surface area contributed by atoms with Crippen molar-refractivity contribution in [3.05, 3.63) is 15.7 Å². The van der Waals surface area contributed by atoms with Gasteiger partial charge in [0.1, 0.15) is 16.1 Å². The Morgan fingerprint density at radius 2 is 2.53 bits per heavy atom. The van der Waals surface area contributed by atoms with Gasteiger partial charge in [0.15, 0.2) is 0 Å². The minimum Gasteiger partial charge on any atom is -0.465 e. The average Bonchev–Trinajstić information content (AvgIpc) is 2.47. The number of imidazole rings is 1. The lowest BCUT2D eigenvalue weighted by atomic mass is 10.5. The van der Waals surface area contributed by atoms with Crippen molar-refractivity contribution in [1.29, 1.82) is 0 Å². The van der Waals surface area contributed by atoms with Gasteiger partial charge in [-0.1, -0.05) is 0 Å². The number of carbonyl (C=O) groups is 1. The average molecular weight is 325 g/mol. The van der Waals surface area contributed by atoms with Crippen LogP contribution in [-0.4, -0.2) is 34.4 Å². The quantitative estimate of drug-likeness (QED) is 0.789. The number of aromatic nitrogens is 2. The van der Waals surface area contributed by atoms with Gasteiger partial charge in [0, 0.05) is 26.4 Å². The Hall–Kier alpha value is -0.830. The molecule has 84 valence electrons. The first-order chi connectivity index (χ1) is 7.13. The van der Waals surface area contributed by atoms with Crippen LogP contribution in [0.4, 0.5) is 4.79 Å². The molecule has 1 heterocycles. The van der Waals surface area contributed by atoms with E-state index in [1.807, 2.05) is 10.8 Å². The summed E-state index contributed by atoms with van der Waals surface area (Å²) in [5.41, 5.74) is 0. The summed E-state index contributed by atoms with van der Waals surface area (Å²) in [6, 6.07) is 0. The SMILES string of the molecule is COCc1nc(I)cn1CCNC(=O)O. The summed E-state index contributed by atoms with van der Waals surface area (Å²) in [6.07, 6.45) is 0.844. The topological polar surface area (TPSA) is 76.4 Å². The molecule has 15 heavy (non-hydrogen) atoms. The van der Waals surface area contributed by atoms with Gasteiger partial charge in [-0.3, -0.25) is 0 Å². The smallest absolute Gasteiger partial charge is 0.404 e. The summed E-state index contributed by atoms with van der Waals surface area (Å²) in [4.78, 5) is 14.5. The van der Waals surface area contributed by atoms with E-state index in [0.29, 0.717) is 19.7 Å². The van der Waals surface area contributed by atoms with E-state index in [1.54, 1.807) is 7.11 Å². The van der Waals surface area contributed by atoms with Crippen LogP contribution in [-0.2, 0) is 17.9 Å². The highest BCUT2D eigenvalue weighted by molar-refractivity contribution is 14.1. The Labute approximate surface area is 101 Å². The molecule has 1 amide bonds. The van der Waals surface area contributed by atoms with Crippen LogP contribution in [0, 0.1) is 3.70 Å². The van der Waals surface area contributed by atoms with Gasteiger partial charge in [0.25, 0.3) is 0 Å². The molecule has 0 fully saturated rings. The maximum atomic E-state index is 10.2. The van der Waals surface area contributed by atoms with Crippen molar-refractivity contribution in [3.63, 3.8) is 0 Å². The molecular formula is C8H12IN3O3. The minimum atomic E-state index is -1.02. The Morgan fingerprint density at radius 3 is 3.13 bits per heavy atom. The van der Waals surface area contributed by atoms with Crippen molar-refractivity contribution in [2.75, 3.05) is 13.7 Å². The molecule has 1 aromatic rings. The zero-order valence-electron chi connectivity index (χ0n) is 8.23. The van der Waals surface area contributed by atoms with Gasteiger partial charge in [-0.05, 0) is 22.6 Å². The van der Waals surface area contributed by atoms with Crippen LogP contribution in [0.3, 0.4) is 0 Å². The third kappa shape index (κ3) is 4.04. The third-order valence-corrected chi connectivity index (χ3v) is 2.25. The number of ether oxygens (including phenoxy) is 1. The first kappa shape index (κ1) is 12.2. The fourth-order valence-corrected chi connectivity index (χ4v) is 1.76. The highest BCUT2D eigenvalue weighted by atomic mass is 127. The fraction of sp³-hybridized carbons (Fsp3) is 0.500. The Kier molecular flexibility index (Phi) is 4.82. The minimum absolute atomic E-state index is 0.360. The van der Waals surface area contributed by atoms with Gasteiger partial charge in [0.2, 0.25) is 0 Å². The first-order valence-corrected chi connectivity index (χ1v) is 5.38. The van der Waals surface area contributed by atoms with Crippen molar-refractivity contribution < 1.29 is 14.6 Å². The lowest BCUT2D eigenvalue weighted by molar-refractivity contribution is 0.173. The van der Waals surface area contributed by atoms with Gasteiger partial charge in [-0.25, -0.2) is 9.78 Å². The molecule has 0 spiro atoms. The van der Waals surface area contributed by atoms with E-state index in [1.165, 1.54) is 0 Å². The second-order valence-corrected chi connectivity index (χ2v) is 3.94. The number of carboxylic acid groups (broad SMARTS) is 1. The van der Waals surface area contributed by atoms with Crippen LogP contribution < -0.4 is 5.32 Å². The molecule has 0 saturated carbocycles. The van der Waals surface area contributed by atoms with E-state index in [0.717, 1.165) is 9.53 Å². The van der Waals surface area contributed by atoms with E-state index >= 15 is 0 Å². The zero-order chi connectivity index (χ0) is 11.3. The van der Waals surface area contributed by atoms with E-state index in [9.17, 15) is 4.79 Å². The van der Waals surface area contributed by atoms with E-state index < -0.39 is 6.09 Å². The summed E-state index contributed by atoms with van der Waals surface area (Å²) in [5, 5.41) is 10.7. The van der Waals surface area contributed by atoms with Crippen molar-refractivity contribution >= 4 is 28.7 Å². The summed E-state index contributed by atoms with van der Waals surface area (Å²) >= 11 is 2.11. The van der Waals surface area contributed by atoms with Gasteiger partial charge in [-0.2, -0.15) is 0 Å². The van der Waals surface area contributed by atoms with Crippen LogP contribution in [0.15, 0.2) is 6.20 Å². The molecule has 1 aromatic heterocycles. The number of halogens is 1. The predicted molar refractivity (Wildman–Crippen MR) is 61.7 cm³/mol. The normalized spacial score (nSPS) is 10.3. The molecule has 0 aliphatic heterocycles. The summed E-state index contributed by atoms with van der Waals surface area (Å²) in [6.45, 7) is 1.34. The molecule has 0 aromatic carbocycles. The second-order valence-electron chi connectivity index (χ2n) is 2.84. The van der Waals surface area contributed by atoms with Crippen molar-refractivity contribution in [2.45, 2.75) is 13.2 Å². The molecule has 0 aliphatic rings. The lowest BCUT2D eigenvalue weighted by Gasteiger charge is -2.06. The van der Waals surface area contributed by atoms with Crippen LogP contribution >= 0.6 is 22.6 Å². The van der Waals surface area contributed by atoms with E-state index in [2.05, 4.69) is 32.9 Å². The highest BCUT2D eigenvalue weighted by Gasteiger charge is 2.05. The number of amides is 1. The monoisotopic (exact) mass is 325 g/mol. The van der Waals surface area contributed by atoms with Crippen LogP contribution in [0.2, 0.25) is 0 Å². The maximum Gasteiger partial charge on any atom is 0.404 e. The largest absolute Gasteiger partial charge is 0.465 e. The molecule has 2 N–H and O–H groups in total. The molecular weight excluding hydrogens is 313 g/mol. The molecule has 0 unspecified atom stereocenters. The number of hydrogen-bond acceptors (Lipinski definition) is 3. The van der Waals surface area contributed by atoms with Crippen LogP contribution in [0.1, 0.15) is 5.82 Å². The third-order valence-electron chi connectivity index (χ3n) is 1.73. The number of nitrogens with zero attached hydrogens (tertiary/aromatic N) is 2. The standard InChI is InChI=1S/C8H12IN3O3/c1-15-5-7-11-6(9)4-12(7)3-2-10-8(13)14/h4,10H,2-3,5H2,1H3,(H,13,14). The molecule has 0 bridgehead atoms. The zero-order valence-corrected chi connectivity index (χ0v) is 10.4. The Bertz CT molecular complexity index is 340. The first-order valence-electron chi connectivity index (χ1n) is 4.30. The molecule has 6 nitrogen and oxygen atoms in total.